The number of rotatable bonds is 0. The molecule has 0 amide bonds. The summed E-state index contributed by atoms with van der Waals surface area (Å²) in [5.74, 6) is 2.89. The first-order valence-corrected chi connectivity index (χ1v) is 6.40. The molecule has 0 N–H and O–H groups in total. The van der Waals surface area contributed by atoms with E-state index in [-0.39, 0.29) is 0 Å². The zero-order valence-electron chi connectivity index (χ0n) is 9.39. The molecule has 3 unspecified atom stereocenters. The molecule has 3 fully saturated rings. The highest BCUT2D eigenvalue weighted by molar-refractivity contribution is 5.25. The molecule has 3 aliphatic rings. The topological polar surface area (TPSA) is 0 Å². The van der Waals surface area contributed by atoms with Crippen LogP contribution in [0.1, 0.15) is 51.9 Å². The van der Waals surface area contributed by atoms with Crippen molar-refractivity contribution < 1.29 is 0 Å². The molecule has 0 bridgehead atoms. The van der Waals surface area contributed by atoms with Crippen molar-refractivity contribution in [1.29, 1.82) is 0 Å². The van der Waals surface area contributed by atoms with Crippen molar-refractivity contribution in [3.8, 4) is 0 Å². The Balaban J connectivity index is 1.81. The summed E-state index contributed by atoms with van der Waals surface area (Å²) in [5.41, 5.74) is 2.33. The van der Waals surface area contributed by atoms with Crippen LogP contribution in [0, 0.1) is 23.2 Å². The van der Waals surface area contributed by atoms with Gasteiger partial charge < -0.3 is 0 Å². The lowest BCUT2D eigenvalue weighted by Crippen LogP contribution is -2.33. The van der Waals surface area contributed by atoms with Crippen molar-refractivity contribution in [3.05, 3.63) is 12.2 Å². The van der Waals surface area contributed by atoms with E-state index in [1.54, 1.807) is 5.57 Å². The van der Waals surface area contributed by atoms with Crippen molar-refractivity contribution in [2.45, 2.75) is 51.9 Å². The molecular weight excluding hydrogens is 168 g/mol. The summed E-state index contributed by atoms with van der Waals surface area (Å²) in [6.07, 6.45) is 10.3. The smallest absolute Gasteiger partial charge is 0.00871 e. The third kappa shape index (κ3) is 1.19. The maximum absolute atomic E-state index is 4.45. The number of hydrogen-bond acceptors (Lipinski definition) is 0. The van der Waals surface area contributed by atoms with E-state index in [0.717, 1.165) is 17.8 Å². The average molecular weight is 190 g/mol. The average Bonchev–Trinajstić information content (AvgIpc) is 2.94. The van der Waals surface area contributed by atoms with E-state index in [0.29, 0.717) is 5.41 Å². The van der Waals surface area contributed by atoms with Gasteiger partial charge in [-0.3, -0.25) is 0 Å². The van der Waals surface area contributed by atoms with E-state index >= 15 is 0 Å². The first-order valence-electron chi connectivity index (χ1n) is 6.40. The highest BCUT2D eigenvalue weighted by Crippen LogP contribution is 2.63. The quantitative estimate of drug-likeness (QED) is 0.503. The first kappa shape index (κ1) is 9.00. The van der Waals surface area contributed by atoms with E-state index in [1.807, 2.05) is 0 Å². The summed E-state index contributed by atoms with van der Waals surface area (Å²) in [5, 5.41) is 0. The van der Waals surface area contributed by atoms with E-state index in [9.17, 15) is 0 Å². The molecule has 14 heavy (non-hydrogen) atoms. The second-order valence-corrected chi connectivity index (χ2v) is 6.13. The van der Waals surface area contributed by atoms with Crippen LogP contribution in [0.25, 0.3) is 0 Å². The van der Waals surface area contributed by atoms with Crippen LogP contribution in [0.15, 0.2) is 12.2 Å². The Kier molecular flexibility index (Phi) is 1.84. The van der Waals surface area contributed by atoms with Gasteiger partial charge in [-0.1, -0.05) is 25.5 Å². The summed E-state index contributed by atoms with van der Waals surface area (Å²) in [6.45, 7) is 6.88. The van der Waals surface area contributed by atoms with Crippen molar-refractivity contribution in [2.24, 2.45) is 23.2 Å². The Morgan fingerprint density at radius 3 is 2.64 bits per heavy atom. The zero-order valence-corrected chi connectivity index (χ0v) is 9.39. The van der Waals surface area contributed by atoms with Gasteiger partial charge in [-0.25, -0.2) is 0 Å². The molecule has 3 aliphatic carbocycles. The summed E-state index contributed by atoms with van der Waals surface area (Å²) < 4.78 is 0. The number of hydrogen-bond donors (Lipinski definition) is 0. The van der Waals surface area contributed by atoms with Crippen LogP contribution in [0.4, 0.5) is 0 Å². The SMILES string of the molecule is C=C1C2CC(C)CCC2CCC12CC2. The predicted octanol–water partition coefficient (Wildman–Crippen LogP) is 4.17. The summed E-state index contributed by atoms with van der Waals surface area (Å²) in [7, 11) is 0. The lowest BCUT2D eigenvalue weighted by Gasteiger charge is -2.43. The van der Waals surface area contributed by atoms with Gasteiger partial charge in [-0.2, -0.15) is 0 Å². The third-order valence-corrected chi connectivity index (χ3v) is 5.23. The largest absolute Gasteiger partial charge is 0.0990 e. The molecular formula is C14H22. The van der Waals surface area contributed by atoms with E-state index < -0.39 is 0 Å². The molecule has 0 heterocycles. The molecule has 1 spiro atoms. The first-order chi connectivity index (χ1) is 6.71. The Hall–Kier alpha value is -0.260. The fraction of sp³-hybridized carbons (Fsp3) is 0.857. The van der Waals surface area contributed by atoms with Gasteiger partial charge in [-0.05, 0) is 61.7 Å². The Morgan fingerprint density at radius 1 is 1.14 bits per heavy atom. The van der Waals surface area contributed by atoms with Crippen LogP contribution in [0.2, 0.25) is 0 Å². The van der Waals surface area contributed by atoms with Crippen LogP contribution in [0.3, 0.4) is 0 Å². The molecule has 0 nitrogen and oxygen atoms in total. The van der Waals surface area contributed by atoms with E-state index in [1.165, 1.54) is 44.9 Å². The van der Waals surface area contributed by atoms with E-state index in [4.69, 9.17) is 0 Å². The van der Waals surface area contributed by atoms with Crippen LogP contribution in [-0.2, 0) is 0 Å². The fourth-order valence-corrected chi connectivity index (χ4v) is 3.95. The van der Waals surface area contributed by atoms with Crippen LogP contribution in [0.5, 0.6) is 0 Å². The monoisotopic (exact) mass is 190 g/mol. The lowest BCUT2D eigenvalue weighted by atomic mass is 9.62. The van der Waals surface area contributed by atoms with Gasteiger partial charge in [-0.15, -0.1) is 0 Å². The van der Waals surface area contributed by atoms with Gasteiger partial charge in [0.15, 0.2) is 0 Å². The zero-order chi connectivity index (χ0) is 9.76. The van der Waals surface area contributed by atoms with Crippen molar-refractivity contribution >= 4 is 0 Å². The Bertz CT molecular complexity index is 259. The molecule has 3 rings (SSSR count). The van der Waals surface area contributed by atoms with Crippen LogP contribution in [-0.4, -0.2) is 0 Å². The van der Waals surface area contributed by atoms with Crippen molar-refractivity contribution in [2.75, 3.05) is 0 Å². The standard InChI is InChI=1S/C14H22/c1-10-3-4-12-5-6-14(7-8-14)11(2)13(12)9-10/h10,12-13H,2-9H2,1H3. The van der Waals surface area contributed by atoms with Gasteiger partial charge in [0.25, 0.3) is 0 Å². The van der Waals surface area contributed by atoms with Crippen molar-refractivity contribution in [1.82, 2.24) is 0 Å². The normalized spacial score (nSPS) is 44.9. The van der Waals surface area contributed by atoms with Gasteiger partial charge in [0.1, 0.15) is 0 Å². The summed E-state index contributed by atoms with van der Waals surface area (Å²) >= 11 is 0. The molecule has 0 aliphatic heterocycles. The van der Waals surface area contributed by atoms with Gasteiger partial charge >= 0.3 is 0 Å². The maximum Gasteiger partial charge on any atom is -0.00871 e. The number of fused-ring (bicyclic) bond motifs is 1. The predicted molar refractivity (Wildman–Crippen MR) is 60.0 cm³/mol. The minimum Gasteiger partial charge on any atom is -0.0990 e. The molecule has 0 aromatic rings. The highest BCUT2D eigenvalue weighted by Gasteiger charge is 2.52. The molecule has 0 aromatic heterocycles. The van der Waals surface area contributed by atoms with Gasteiger partial charge in [0.2, 0.25) is 0 Å². The second-order valence-electron chi connectivity index (χ2n) is 6.13. The lowest BCUT2D eigenvalue weighted by molar-refractivity contribution is 0.152. The highest BCUT2D eigenvalue weighted by atomic mass is 14.6. The maximum atomic E-state index is 4.45. The number of allylic oxidation sites excluding steroid dienone is 1. The Labute approximate surface area is 87.8 Å². The second kappa shape index (κ2) is 2.87. The van der Waals surface area contributed by atoms with E-state index in [2.05, 4.69) is 13.5 Å². The Morgan fingerprint density at radius 2 is 1.93 bits per heavy atom. The van der Waals surface area contributed by atoms with Gasteiger partial charge in [0, 0.05) is 0 Å². The van der Waals surface area contributed by atoms with Crippen LogP contribution >= 0.6 is 0 Å². The molecule has 0 aromatic carbocycles. The summed E-state index contributed by atoms with van der Waals surface area (Å²) in [4.78, 5) is 0. The minimum absolute atomic E-state index is 0.665. The third-order valence-electron chi connectivity index (χ3n) is 5.23. The van der Waals surface area contributed by atoms with Crippen LogP contribution < -0.4 is 0 Å². The van der Waals surface area contributed by atoms with Gasteiger partial charge in [0.05, 0.1) is 0 Å². The molecule has 0 saturated heterocycles. The fourth-order valence-electron chi connectivity index (χ4n) is 3.95. The molecule has 0 heteroatoms. The van der Waals surface area contributed by atoms with Crippen molar-refractivity contribution in [3.63, 3.8) is 0 Å². The molecule has 0 radical (unpaired) electrons. The molecule has 3 atom stereocenters. The molecule has 3 saturated carbocycles. The minimum atomic E-state index is 0.665. The molecule has 78 valence electrons. The summed E-state index contributed by atoms with van der Waals surface area (Å²) in [6, 6.07) is 0.